The van der Waals surface area contributed by atoms with Gasteiger partial charge in [0.1, 0.15) is 0 Å². The Balaban J connectivity index is 1.56. The van der Waals surface area contributed by atoms with E-state index in [-0.39, 0.29) is 25.5 Å². The Hall–Kier alpha value is -3.15. The monoisotopic (exact) mass is 394 g/mol. The van der Waals surface area contributed by atoms with Crippen LogP contribution >= 0.6 is 0 Å². The molecule has 152 valence electrons. The second-order valence-electron chi connectivity index (χ2n) is 7.58. The lowest BCUT2D eigenvalue weighted by Crippen LogP contribution is -2.28. The van der Waals surface area contributed by atoms with E-state index in [0.29, 0.717) is 5.69 Å². The van der Waals surface area contributed by atoms with Crippen LogP contribution in [0.15, 0.2) is 36.4 Å². The lowest BCUT2D eigenvalue weighted by atomic mass is 10.1. The average Bonchev–Trinajstić information content (AvgIpc) is 3.06. The van der Waals surface area contributed by atoms with Crippen molar-refractivity contribution in [1.82, 2.24) is 0 Å². The largest absolute Gasteiger partial charge is 0.455 e. The van der Waals surface area contributed by atoms with Crippen molar-refractivity contribution in [1.29, 1.82) is 0 Å². The molecule has 0 radical (unpaired) electrons. The number of nitrogens with one attached hydrogen (secondary N) is 1. The third-order valence-corrected chi connectivity index (χ3v) is 5.46. The second-order valence-corrected chi connectivity index (χ2v) is 7.58. The second kappa shape index (κ2) is 8.47. The Morgan fingerprint density at radius 2 is 1.83 bits per heavy atom. The minimum Gasteiger partial charge on any atom is -0.455 e. The highest BCUT2D eigenvalue weighted by atomic mass is 16.5. The van der Waals surface area contributed by atoms with Crippen molar-refractivity contribution >= 4 is 29.2 Å². The normalized spacial score (nSPS) is 16.1. The number of hydrogen-bond donors (Lipinski definition) is 1. The van der Waals surface area contributed by atoms with Crippen molar-refractivity contribution in [3.05, 3.63) is 58.7 Å². The third-order valence-electron chi connectivity index (χ3n) is 5.46. The van der Waals surface area contributed by atoms with Crippen LogP contribution in [0.3, 0.4) is 0 Å². The van der Waals surface area contributed by atoms with Crippen LogP contribution in [0.5, 0.6) is 0 Å². The van der Waals surface area contributed by atoms with Crippen molar-refractivity contribution in [3.8, 4) is 0 Å². The van der Waals surface area contributed by atoms with Gasteiger partial charge in [0.25, 0.3) is 5.91 Å². The number of aryl methyl sites for hydroxylation is 3. The highest BCUT2D eigenvalue weighted by Crippen LogP contribution is 2.29. The number of carbonyl (C=O) groups is 3. The lowest BCUT2D eigenvalue weighted by molar-refractivity contribution is -0.151. The molecule has 6 heteroatoms. The predicted octanol–water partition coefficient (Wildman–Crippen LogP) is 3.46. The van der Waals surface area contributed by atoms with Gasteiger partial charge >= 0.3 is 5.97 Å². The summed E-state index contributed by atoms with van der Waals surface area (Å²) in [6.45, 7) is 7.79. The quantitative estimate of drug-likeness (QED) is 0.788. The molecule has 2 aromatic carbocycles. The van der Waals surface area contributed by atoms with Crippen LogP contribution in [-0.2, 0) is 19.1 Å². The standard InChI is InChI=1S/C23H26N2O4/c1-14-8-9-19(10-16(14)3)24-21(26)13-29-23(28)18-11-22(27)25(12-18)20-7-5-6-15(2)17(20)4/h5-10,18H,11-13H2,1-4H3,(H,24,26)/t18-/m1/s1. The molecule has 0 saturated carbocycles. The Kier molecular flexibility index (Phi) is 6.01. The number of amides is 2. The van der Waals surface area contributed by atoms with Crippen LogP contribution in [-0.4, -0.2) is 30.9 Å². The summed E-state index contributed by atoms with van der Waals surface area (Å²) < 4.78 is 5.17. The predicted molar refractivity (Wildman–Crippen MR) is 112 cm³/mol. The highest BCUT2D eigenvalue weighted by molar-refractivity contribution is 6.00. The van der Waals surface area contributed by atoms with Crippen molar-refractivity contribution in [2.75, 3.05) is 23.4 Å². The van der Waals surface area contributed by atoms with E-state index in [9.17, 15) is 14.4 Å². The average molecular weight is 394 g/mol. The van der Waals surface area contributed by atoms with Gasteiger partial charge in [-0.25, -0.2) is 0 Å². The molecule has 29 heavy (non-hydrogen) atoms. The van der Waals surface area contributed by atoms with Crippen LogP contribution in [0.25, 0.3) is 0 Å². The number of carbonyl (C=O) groups excluding carboxylic acids is 3. The number of rotatable bonds is 5. The third kappa shape index (κ3) is 4.65. The maximum atomic E-state index is 12.4. The maximum absolute atomic E-state index is 12.4. The van der Waals surface area contributed by atoms with Crippen molar-refractivity contribution < 1.29 is 19.1 Å². The van der Waals surface area contributed by atoms with Crippen molar-refractivity contribution in [2.24, 2.45) is 5.92 Å². The molecule has 1 aliphatic heterocycles. The first kappa shape index (κ1) is 20.6. The van der Waals surface area contributed by atoms with Gasteiger partial charge in [0, 0.05) is 24.3 Å². The van der Waals surface area contributed by atoms with E-state index in [4.69, 9.17) is 4.74 Å². The molecule has 1 atom stereocenters. The van der Waals surface area contributed by atoms with E-state index in [1.165, 1.54) is 0 Å². The zero-order valence-electron chi connectivity index (χ0n) is 17.2. The van der Waals surface area contributed by atoms with Gasteiger partial charge in [-0.05, 0) is 68.1 Å². The van der Waals surface area contributed by atoms with Crippen LogP contribution in [0, 0.1) is 33.6 Å². The fourth-order valence-electron chi connectivity index (χ4n) is 3.40. The fourth-order valence-corrected chi connectivity index (χ4v) is 3.40. The van der Waals surface area contributed by atoms with Crippen molar-refractivity contribution in [3.63, 3.8) is 0 Å². The molecule has 2 aromatic rings. The van der Waals surface area contributed by atoms with E-state index in [0.717, 1.165) is 27.9 Å². The number of esters is 1. The molecule has 0 spiro atoms. The molecule has 1 fully saturated rings. The summed E-state index contributed by atoms with van der Waals surface area (Å²) in [6, 6.07) is 11.4. The Morgan fingerprint density at radius 3 is 2.55 bits per heavy atom. The molecule has 1 heterocycles. The molecule has 3 rings (SSSR count). The van der Waals surface area contributed by atoms with Crippen LogP contribution in [0.4, 0.5) is 11.4 Å². The summed E-state index contributed by atoms with van der Waals surface area (Å²) in [5.74, 6) is -1.62. The molecule has 2 amide bonds. The molecule has 1 saturated heterocycles. The fraction of sp³-hybridized carbons (Fsp3) is 0.348. The molecule has 0 aliphatic carbocycles. The zero-order chi connectivity index (χ0) is 21.1. The molecule has 6 nitrogen and oxygen atoms in total. The van der Waals surface area contributed by atoms with Gasteiger partial charge in [-0.3, -0.25) is 14.4 Å². The SMILES string of the molecule is Cc1ccc(NC(=O)COC(=O)[C@@H]2CC(=O)N(c3cccc(C)c3C)C2)cc1C. The number of benzene rings is 2. The van der Waals surface area contributed by atoms with Gasteiger partial charge in [-0.15, -0.1) is 0 Å². The summed E-state index contributed by atoms with van der Waals surface area (Å²) in [6.07, 6.45) is 0.0883. The van der Waals surface area contributed by atoms with Crippen molar-refractivity contribution in [2.45, 2.75) is 34.1 Å². The topological polar surface area (TPSA) is 75.7 Å². The van der Waals surface area contributed by atoms with Crippen LogP contribution in [0.2, 0.25) is 0 Å². The minimum absolute atomic E-state index is 0.0883. The van der Waals surface area contributed by atoms with E-state index in [1.807, 2.05) is 58.0 Å². The van der Waals surface area contributed by atoms with E-state index >= 15 is 0 Å². The number of nitrogens with zero attached hydrogens (tertiary/aromatic N) is 1. The van der Waals surface area contributed by atoms with E-state index in [2.05, 4.69) is 5.32 Å². The summed E-state index contributed by atoms with van der Waals surface area (Å²) in [5.41, 5.74) is 5.78. The van der Waals surface area contributed by atoms with Gasteiger partial charge in [0.15, 0.2) is 6.61 Å². The highest BCUT2D eigenvalue weighted by Gasteiger charge is 2.37. The molecule has 1 aliphatic rings. The first-order chi connectivity index (χ1) is 13.8. The van der Waals surface area contributed by atoms with E-state index in [1.54, 1.807) is 11.0 Å². The van der Waals surface area contributed by atoms with Crippen LogP contribution in [0.1, 0.15) is 28.7 Å². The number of anilines is 2. The Bertz CT molecular complexity index is 967. The minimum atomic E-state index is -0.572. The van der Waals surface area contributed by atoms with E-state index < -0.39 is 17.8 Å². The Morgan fingerprint density at radius 1 is 1.07 bits per heavy atom. The first-order valence-electron chi connectivity index (χ1n) is 9.66. The summed E-state index contributed by atoms with van der Waals surface area (Å²) in [7, 11) is 0. The number of ether oxygens (including phenoxy) is 1. The maximum Gasteiger partial charge on any atom is 0.311 e. The summed E-state index contributed by atoms with van der Waals surface area (Å²) in [4.78, 5) is 38.5. The smallest absolute Gasteiger partial charge is 0.311 e. The molecule has 0 aromatic heterocycles. The molecular formula is C23H26N2O4. The number of hydrogen-bond acceptors (Lipinski definition) is 4. The van der Waals surface area contributed by atoms with Gasteiger partial charge in [0.05, 0.1) is 5.92 Å². The molecule has 0 unspecified atom stereocenters. The zero-order valence-corrected chi connectivity index (χ0v) is 17.2. The summed E-state index contributed by atoms with van der Waals surface area (Å²) >= 11 is 0. The summed E-state index contributed by atoms with van der Waals surface area (Å²) in [5, 5.41) is 2.72. The first-order valence-corrected chi connectivity index (χ1v) is 9.66. The van der Waals surface area contributed by atoms with Gasteiger partial charge in [0.2, 0.25) is 5.91 Å². The molecule has 0 bridgehead atoms. The van der Waals surface area contributed by atoms with Gasteiger partial charge in [-0.2, -0.15) is 0 Å². The van der Waals surface area contributed by atoms with Gasteiger partial charge < -0.3 is 15.0 Å². The van der Waals surface area contributed by atoms with Crippen LogP contribution < -0.4 is 10.2 Å². The molecule has 1 N–H and O–H groups in total. The Labute approximate surface area is 170 Å². The van der Waals surface area contributed by atoms with Gasteiger partial charge in [-0.1, -0.05) is 18.2 Å². The molecular weight excluding hydrogens is 368 g/mol. The lowest BCUT2D eigenvalue weighted by Gasteiger charge is -2.20.